The number of amides is 1. The third kappa shape index (κ3) is 5.46. The van der Waals surface area contributed by atoms with E-state index in [1.165, 1.54) is 0 Å². The van der Waals surface area contributed by atoms with Gasteiger partial charge >= 0.3 is 0 Å². The van der Waals surface area contributed by atoms with Crippen molar-refractivity contribution in [3.8, 4) is 5.75 Å². The summed E-state index contributed by atoms with van der Waals surface area (Å²) in [7, 11) is 0. The van der Waals surface area contributed by atoms with Gasteiger partial charge in [-0.25, -0.2) is 0 Å². The lowest BCUT2D eigenvalue weighted by Gasteiger charge is -2.14. The molecule has 0 bridgehead atoms. The first kappa shape index (κ1) is 18.1. The third-order valence-electron chi connectivity index (χ3n) is 3.65. The Bertz CT molecular complexity index is 704. The fourth-order valence-corrected chi connectivity index (χ4v) is 2.23. The molecule has 1 unspecified atom stereocenters. The first-order valence-corrected chi connectivity index (χ1v) is 8.42. The molecule has 0 heterocycles. The zero-order valence-corrected chi connectivity index (χ0v) is 15.0. The maximum Gasteiger partial charge on any atom is 0.243 e. The van der Waals surface area contributed by atoms with Gasteiger partial charge < -0.3 is 15.4 Å². The number of anilines is 2. The zero-order valence-electron chi connectivity index (χ0n) is 14.2. The molecule has 0 aliphatic rings. The lowest BCUT2D eigenvalue weighted by atomic mass is 10.2. The van der Waals surface area contributed by atoms with Gasteiger partial charge in [0.15, 0.2) is 0 Å². The molecule has 2 aromatic carbocycles. The van der Waals surface area contributed by atoms with Gasteiger partial charge in [-0.3, -0.25) is 4.79 Å². The van der Waals surface area contributed by atoms with E-state index in [0.717, 1.165) is 23.4 Å². The summed E-state index contributed by atoms with van der Waals surface area (Å²) in [4.78, 5) is 12.1. The van der Waals surface area contributed by atoms with E-state index in [9.17, 15) is 4.79 Å². The molecule has 2 N–H and O–H groups in total. The molecule has 0 spiro atoms. The van der Waals surface area contributed by atoms with Crippen LogP contribution in [-0.2, 0) is 4.79 Å². The second kappa shape index (κ2) is 8.60. The molecule has 0 aliphatic carbocycles. The number of nitrogens with one attached hydrogen (secondary N) is 2. The van der Waals surface area contributed by atoms with E-state index in [1.807, 2.05) is 56.3 Å². The summed E-state index contributed by atoms with van der Waals surface area (Å²) in [6.45, 7) is 6.18. The zero-order chi connectivity index (χ0) is 17.5. The highest BCUT2D eigenvalue weighted by Crippen LogP contribution is 2.21. The normalized spacial score (nSPS) is 11.7. The Morgan fingerprint density at radius 2 is 2.00 bits per heavy atom. The van der Waals surface area contributed by atoms with Crippen LogP contribution in [0, 0.1) is 6.92 Å². The van der Waals surface area contributed by atoms with Crippen LogP contribution in [0.5, 0.6) is 5.75 Å². The van der Waals surface area contributed by atoms with Crippen molar-refractivity contribution in [1.29, 1.82) is 0 Å². The van der Waals surface area contributed by atoms with E-state index >= 15 is 0 Å². The number of aryl methyl sites for hydroxylation is 1. The smallest absolute Gasteiger partial charge is 0.243 e. The maximum atomic E-state index is 12.1. The minimum Gasteiger partial charge on any atom is -0.491 e. The van der Waals surface area contributed by atoms with E-state index in [0.29, 0.717) is 10.7 Å². The average Bonchev–Trinajstić information content (AvgIpc) is 2.56. The van der Waals surface area contributed by atoms with Gasteiger partial charge in [-0.1, -0.05) is 30.7 Å². The number of carbonyl (C=O) groups is 1. The number of carbonyl (C=O) groups excluding carboxylic acids is 1. The van der Waals surface area contributed by atoms with Crippen LogP contribution < -0.4 is 15.4 Å². The van der Waals surface area contributed by atoms with E-state index in [2.05, 4.69) is 17.6 Å². The summed E-state index contributed by atoms with van der Waals surface area (Å²) < 4.78 is 5.76. The van der Waals surface area contributed by atoms with E-state index in [1.54, 1.807) is 0 Å². The Balaban J connectivity index is 1.90. The van der Waals surface area contributed by atoms with Crippen LogP contribution in [0.15, 0.2) is 42.5 Å². The van der Waals surface area contributed by atoms with Gasteiger partial charge in [0, 0.05) is 22.5 Å². The molecule has 0 aliphatic heterocycles. The Labute approximate surface area is 148 Å². The number of hydrogen-bond donors (Lipinski definition) is 2. The fraction of sp³-hybridized carbons (Fsp3) is 0.316. The predicted molar refractivity (Wildman–Crippen MR) is 100 cm³/mol. The Kier molecular flexibility index (Phi) is 6.50. The van der Waals surface area contributed by atoms with Crippen molar-refractivity contribution in [3.63, 3.8) is 0 Å². The highest BCUT2D eigenvalue weighted by Gasteiger charge is 2.06. The van der Waals surface area contributed by atoms with Gasteiger partial charge in [0.2, 0.25) is 5.91 Å². The van der Waals surface area contributed by atoms with Gasteiger partial charge in [-0.05, 0) is 50.1 Å². The van der Waals surface area contributed by atoms with Gasteiger partial charge in [-0.2, -0.15) is 0 Å². The van der Waals surface area contributed by atoms with E-state index in [-0.39, 0.29) is 18.6 Å². The Hall–Kier alpha value is -2.20. The van der Waals surface area contributed by atoms with Gasteiger partial charge in [-0.15, -0.1) is 0 Å². The molecule has 5 heteroatoms. The summed E-state index contributed by atoms with van der Waals surface area (Å²) in [5.41, 5.74) is 2.53. The molecule has 2 aromatic rings. The SMILES string of the molecule is CCC(C)Oc1cccc(NC(=O)CNc2ccc(C)c(Cl)c2)c1. The molecule has 0 radical (unpaired) electrons. The quantitative estimate of drug-likeness (QED) is 0.751. The molecule has 1 amide bonds. The summed E-state index contributed by atoms with van der Waals surface area (Å²) in [5, 5.41) is 6.59. The van der Waals surface area contributed by atoms with Crippen molar-refractivity contribution in [1.82, 2.24) is 0 Å². The minimum absolute atomic E-state index is 0.132. The van der Waals surface area contributed by atoms with Crippen molar-refractivity contribution < 1.29 is 9.53 Å². The largest absolute Gasteiger partial charge is 0.491 e. The molecule has 4 nitrogen and oxygen atoms in total. The van der Waals surface area contributed by atoms with Crippen molar-refractivity contribution in [2.75, 3.05) is 17.2 Å². The van der Waals surface area contributed by atoms with Gasteiger partial charge in [0.05, 0.1) is 12.6 Å². The van der Waals surface area contributed by atoms with Crippen LogP contribution in [-0.4, -0.2) is 18.6 Å². The van der Waals surface area contributed by atoms with Crippen LogP contribution in [0.25, 0.3) is 0 Å². The topological polar surface area (TPSA) is 50.4 Å². The first-order chi connectivity index (χ1) is 11.5. The number of hydrogen-bond acceptors (Lipinski definition) is 3. The van der Waals surface area contributed by atoms with Crippen LogP contribution in [0.2, 0.25) is 5.02 Å². The molecular weight excluding hydrogens is 324 g/mol. The van der Waals surface area contributed by atoms with Crippen molar-refractivity contribution >= 4 is 28.9 Å². The first-order valence-electron chi connectivity index (χ1n) is 8.04. The highest BCUT2D eigenvalue weighted by molar-refractivity contribution is 6.31. The number of benzene rings is 2. The summed E-state index contributed by atoms with van der Waals surface area (Å²) in [6.07, 6.45) is 1.07. The standard InChI is InChI=1S/C19H23ClN2O2/c1-4-14(3)24-17-7-5-6-16(10-17)22-19(23)12-21-15-9-8-13(2)18(20)11-15/h5-11,14,21H,4,12H2,1-3H3,(H,22,23). The maximum absolute atomic E-state index is 12.1. The van der Waals surface area contributed by atoms with E-state index in [4.69, 9.17) is 16.3 Å². The van der Waals surface area contributed by atoms with Crippen LogP contribution in [0.4, 0.5) is 11.4 Å². The van der Waals surface area contributed by atoms with Crippen LogP contribution in [0.3, 0.4) is 0 Å². The van der Waals surface area contributed by atoms with E-state index < -0.39 is 0 Å². The van der Waals surface area contributed by atoms with Crippen molar-refractivity contribution in [3.05, 3.63) is 53.1 Å². The number of rotatable bonds is 7. The minimum atomic E-state index is -0.132. The highest BCUT2D eigenvalue weighted by atomic mass is 35.5. The second-order valence-electron chi connectivity index (χ2n) is 5.73. The second-order valence-corrected chi connectivity index (χ2v) is 6.14. The molecule has 0 fully saturated rings. The predicted octanol–water partition coefficient (Wildman–Crippen LogP) is 4.88. The molecule has 0 aromatic heterocycles. The summed E-state index contributed by atoms with van der Waals surface area (Å²) in [6, 6.07) is 13.0. The lowest BCUT2D eigenvalue weighted by Crippen LogP contribution is -2.21. The Morgan fingerprint density at radius 1 is 1.21 bits per heavy atom. The molecule has 128 valence electrons. The molecule has 1 atom stereocenters. The summed E-state index contributed by atoms with van der Waals surface area (Å²) in [5.74, 6) is 0.618. The fourth-order valence-electron chi connectivity index (χ4n) is 2.05. The third-order valence-corrected chi connectivity index (χ3v) is 4.06. The molecule has 0 saturated heterocycles. The lowest BCUT2D eigenvalue weighted by molar-refractivity contribution is -0.114. The number of ether oxygens (including phenoxy) is 1. The van der Waals surface area contributed by atoms with Crippen LogP contribution >= 0.6 is 11.6 Å². The average molecular weight is 347 g/mol. The Morgan fingerprint density at radius 3 is 2.71 bits per heavy atom. The van der Waals surface area contributed by atoms with Crippen LogP contribution in [0.1, 0.15) is 25.8 Å². The molecule has 2 rings (SSSR count). The van der Waals surface area contributed by atoms with Gasteiger partial charge in [0.1, 0.15) is 5.75 Å². The van der Waals surface area contributed by atoms with Crippen molar-refractivity contribution in [2.45, 2.75) is 33.3 Å². The number of halogens is 1. The molecule has 0 saturated carbocycles. The van der Waals surface area contributed by atoms with Gasteiger partial charge in [0.25, 0.3) is 0 Å². The summed E-state index contributed by atoms with van der Waals surface area (Å²) >= 11 is 6.08. The monoisotopic (exact) mass is 346 g/mol. The molecular formula is C19H23ClN2O2. The van der Waals surface area contributed by atoms with Crippen molar-refractivity contribution in [2.24, 2.45) is 0 Å². The molecule has 24 heavy (non-hydrogen) atoms.